The molecule has 0 saturated carbocycles. The van der Waals surface area contributed by atoms with Gasteiger partial charge in [0.25, 0.3) is 0 Å². The normalized spacial score (nSPS) is 5.69. The van der Waals surface area contributed by atoms with Gasteiger partial charge in [-0.2, -0.15) is 50.2 Å². The van der Waals surface area contributed by atoms with Crippen molar-refractivity contribution in [3.8, 4) is 0 Å². The van der Waals surface area contributed by atoms with Crippen LogP contribution < -0.4 is 0 Å². The van der Waals surface area contributed by atoms with Gasteiger partial charge in [-0.1, -0.05) is 0 Å². The fourth-order valence-corrected chi connectivity index (χ4v) is 0.342. The quantitative estimate of drug-likeness (QED) is 0.662. The Kier molecular flexibility index (Phi) is 31.3. The summed E-state index contributed by atoms with van der Waals surface area (Å²) in [5, 5.41) is 0. The molecule has 2 nitrogen and oxygen atoms in total. The monoisotopic (exact) mass is 358 g/mol. The van der Waals surface area contributed by atoms with Gasteiger partial charge in [0.15, 0.2) is 0 Å². The standard InChI is InChI=1S/C6H5.2C2H3O.Pt/c1-2-4-6-5-3-1;2*1-2-3;/h1-5H;2*1H3;/q3*-1;. The third kappa shape index (κ3) is 34.9. The SMILES string of the molecule is C[C-]=O.C[C-]=O.[Pt].[c-]1ccccc1. The molecule has 0 aliphatic carbocycles. The Labute approximate surface area is 93.6 Å². The number of benzene rings is 1. The largest absolute Gasteiger partial charge is 0.542 e. The molecular formula is C10H11O2Pt-3. The minimum atomic E-state index is 0. The second kappa shape index (κ2) is 22.5. The third-order valence-corrected chi connectivity index (χ3v) is 0.607. The molecule has 0 radical (unpaired) electrons. The van der Waals surface area contributed by atoms with Gasteiger partial charge in [0.1, 0.15) is 0 Å². The van der Waals surface area contributed by atoms with Gasteiger partial charge in [-0.15, -0.1) is 0 Å². The van der Waals surface area contributed by atoms with Crippen LogP contribution in [0.25, 0.3) is 0 Å². The van der Waals surface area contributed by atoms with E-state index in [4.69, 9.17) is 9.59 Å². The van der Waals surface area contributed by atoms with Crippen LogP contribution in [0.1, 0.15) is 13.8 Å². The van der Waals surface area contributed by atoms with E-state index < -0.39 is 0 Å². The average molecular weight is 358 g/mol. The first-order valence-electron chi connectivity index (χ1n) is 3.32. The van der Waals surface area contributed by atoms with Crippen molar-refractivity contribution in [2.24, 2.45) is 0 Å². The first kappa shape index (κ1) is 18.1. The summed E-state index contributed by atoms with van der Waals surface area (Å²) in [5.41, 5.74) is 0. The molecule has 13 heavy (non-hydrogen) atoms. The maximum Gasteiger partial charge on any atom is 0 e. The van der Waals surface area contributed by atoms with Crippen molar-refractivity contribution in [2.45, 2.75) is 13.8 Å². The van der Waals surface area contributed by atoms with E-state index in [0.29, 0.717) is 0 Å². The minimum absolute atomic E-state index is 0. The molecule has 0 spiro atoms. The Bertz CT molecular complexity index is 143. The molecule has 1 aromatic carbocycles. The number of rotatable bonds is 0. The second-order valence-corrected chi connectivity index (χ2v) is 1.49. The van der Waals surface area contributed by atoms with Crippen LogP contribution in [0.3, 0.4) is 0 Å². The van der Waals surface area contributed by atoms with E-state index in [1.165, 1.54) is 26.4 Å². The van der Waals surface area contributed by atoms with E-state index in [2.05, 4.69) is 6.07 Å². The summed E-state index contributed by atoms with van der Waals surface area (Å²) in [7, 11) is 0. The third-order valence-electron chi connectivity index (χ3n) is 0.607. The van der Waals surface area contributed by atoms with Crippen molar-refractivity contribution in [2.75, 3.05) is 0 Å². The Morgan fingerprint density at radius 2 is 1.23 bits per heavy atom. The fourth-order valence-electron chi connectivity index (χ4n) is 0.342. The Hall–Kier alpha value is -0.752. The van der Waals surface area contributed by atoms with Crippen molar-refractivity contribution in [1.82, 2.24) is 0 Å². The van der Waals surface area contributed by atoms with E-state index in [0.717, 1.165) is 0 Å². The van der Waals surface area contributed by atoms with Crippen molar-refractivity contribution in [1.29, 1.82) is 0 Å². The molecule has 0 bridgehead atoms. The Morgan fingerprint density at radius 3 is 1.31 bits per heavy atom. The molecule has 0 N–H and O–H groups in total. The molecule has 0 atom stereocenters. The molecule has 0 saturated heterocycles. The predicted octanol–water partition coefficient (Wildman–Crippen LogP) is 1.72. The van der Waals surface area contributed by atoms with E-state index in [9.17, 15) is 0 Å². The van der Waals surface area contributed by atoms with Crippen molar-refractivity contribution < 1.29 is 30.7 Å². The van der Waals surface area contributed by atoms with Gasteiger partial charge < -0.3 is 9.59 Å². The summed E-state index contributed by atoms with van der Waals surface area (Å²) in [6, 6.07) is 12.5. The first-order chi connectivity index (χ1) is 5.83. The zero-order chi connectivity index (χ0) is 9.66. The number of carbonyl (C=O) groups excluding carboxylic acids is 2. The number of hydrogen-bond donors (Lipinski definition) is 0. The summed E-state index contributed by atoms with van der Waals surface area (Å²) < 4.78 is 0. The van der Waals surface area contributed by atoms with Gasteiger partial charge in [-0.05, 0) is 0 Å². The average Bonchev–Trinajstić information content (AvgIpc) is 2.10. The molecule has 1 rings (SSSR count). The molecule has 0 aliphatic heterocycles. The van der Waals surface area contributed by atoms with Crippen LogP contribution >= 0.6 is 0 Å². The molecule has 0 amide bonds. The zero-order valence-electron chi connectivity index (χ0n) is 7.52. The van der Waals surface area contributed by atoms with Crippen LogP contribution in [-0.4, -0.2) is 12.6 Å². The molecule has 0 fully saturated rings. The maximum absolute atomic E-state index is 8.68. The minimum Gasteiger partial charge on any atom is -0.542 e. The maximum atomic E-state index is 8.68. The summed E-state index contributed by atoms with van der Waals surface area (Å²) in [5.74, 6) is 0. The van der Waals surface area contributed by atoms with Gasteiger partial charge in [-0.3, -0.25) is 12.6 Å². The first-order valence-corrected chi connectivity index (χ1v) is 3.32. The van der Waals surface area contributed by atoms with Gasteiger partial charge in [-0.25, -0.2) is 0 Å². The Balaban J connectivity index is -0.000000126. The molecule has 76 valence electrons. The van der Waals surface area contributed by atoms with E-state index >= 15 is 0 Å². The second-order valence-electron chi connectivity index (χ2n) is 1.49. The van der Waals surface area contributed by atoms with Gasteiger partial charge in [0, 0.05) is 21.1 Å². The van der Waals surface area contributed by atoms with Crippen LogP contribution in [0.2, 0.25) is 0 Å². The van der Waals surface area contributed by atoms with E-state index in [1.54, 1.807) is 0 Å². The van der Waals surface area contributed by atoms with Gasteiger partial charge in [0.05, 0.1) is 0 Å². The molecule has 0 aromatic heterocycles. The Morgan fingerprint density at radius 1 is 0.923 bits per heavy atom. The van der Waals surface area contributed by atoms with E-state index in [1.807, 2.05) is 30.3 Å². The molecule has 0 unspecified atom stereocenters. The van der Waals surface area contributed by atoms with Gasteiger partial charge >= 0.3 is 0 Å². The van der Waals surface area contributed by atoms with E-state index in [-0.39, 0.29) is 21.1 Å². The van der Waals surface area contributed by atoms with Gasteiger partial charge in [0.2, 0.25) is 0 Å². The topological polar surface area (TPSA) is 34.1 Å². The van der Waals surface area contributed by atoms with Crippen LogP contribution in [-0.2, 0) is 30.7 Å². The van der Waals surface area contributed by atoms with Crippen molar-refractivity contribution in [3.05, 3.63) is 36.4 Å². The molecule has 1 aromatic rings. The number of hydrogen-bond acceptors (Lipinski definition) is 2. The zero-order valence-corrected chi connectivity index (χ0v) is 9.79. The predicted molar refractivity (Wildman–Crippen MR) is 48.0 cm³/mol. The van der Waals surface area contributed by atoms with Crippen molar-refractivity contribution >= 4 is 12.6 Å². The summed E-state index contributed by atoms with van der Waals surface area (Å²) in [4.78, 5) is 17.4. The summed E-state index contributed by atoms with van der Waals surface area (Å²) >= 11 is 0. The van der Waals surface area contributed by atoms with Crippen molar-refractivity contribution in [3.63, 3.8) is 0 Å². The summed E-state index contributed by atoms with van der Waals surface area (Å²) in [6.07, 6.45) is 3.00. The molecular weight excluding hydrogens is 347 g/mol. The molecule has 0 aliphatic rings. The smallest absolute Gasteiger partial charge is 0 e. The van der Waals surface area contributed by atoms with Crippen LogP contribution in [0, 0.1) is 6.07 Å². The fraction of sp³-hybridized carbons (Fsp3) is 0.200. The van der Waals surface area contributed by atoms with Crippen LogP contribution in [0.15, 0.2) is 30.3 Å². The molecule has 0 heterocycles. The van der Waals surface area contributed by atoms with Crippen LogP contribution in [0.4, 0.5) is 0 Å². The summed E-state index contributed by atoms with van der Waals surface area (Å²) in [6.45, 7) is 2.64. The molecule has 3 heteroatoms. The van der Waals surface area contributed by atoms with Crippen LogP contribution in [0.5, 0.6) is 0 Å².